The summed E-state index contributed by atoms with van der Waals surface area (Å²) in [7, 11) is 2.11. The molecular formula is C15H20N6O2. The summed E-state index contributed by atoms with van der Waals surface area (Å²) in [6.07, 6.45) is 1.43. The van der Waals surface area contributed by atoms with Gasteiger partial charge in [-0.15, -0.1) is 0 Å². The van der Waals surface area contributed by atoms with Gasteiger partial charge in [-0.2, -0.15) is 0 Å². The lowest BCUT2D eigenvalue weighted by Gasteiger charge is -2.32. The molecule has 3 heterocycles. The molecule has 0 spiro atoms. The maximum Gasteiger partial charge on any atom is 0.294 e. The zero-order valence-corrected chi connectivity index (χ0v) is 13.5. The zero-order valence-electron chi connectivity index (χ0n) is 13.5. The predicted octanol–water partition coefficient (Wildman–Crippen LogP) is 1.09. The van der Waals surface area contributed by atoms with Gasteiger partial charge in [0, 0.05) is 32.2 Å². The summed E-state index contributed by atoms with van der Waals surface area (Å²) >= 11 is 0. The van der Waals surface area contributed by atoms with Crippen LogP contribution in [0.3, 0.4) is 0 Å². The Morgan fingerprint density at radius 1 is 1.17 bits per heavy atom. The summed E-state index contributed by atoms with van der Waals surface area (Å²) in [5.74, 6) is 0.516. The first kappa shape index (κ1) is 15.4. The molecule has 0 aromatic carbocycles. The highest BCUT2D eigenvalue weighted by Gasteiger charge is 2.20. The molecule has 1 amide bonds. The van der Waals surface area contributed by atoms with E-state index in [0.717, 1.165) is 37.6 Å². The molecule has 0 bridgehead atoms. The van der Waals surface area contributed by atoms with Crippen LogP contribution in [0.1, 0.15) is 21.9 Å². The summed E-state index contributed by atoms with van der Waals surface area (Å²) in [5, 5.41) is 6.33. The smallest absolute Gasteiger partial charge is 0.294 e. The summed E-state index contributed by atoms with van der Waals surface area (Å²) in [5.41, 5.74) is 2.09. The molecule has 1 aliphatic rings. The Labute approximate surface area is 134 Å². The van der Waals surface area contributed by atoms with Crippen LogP contribution in [0.15, 0.2) is 16.8 Å². The van der Waals surface area contributed by atoms with Gasteiger partial charge >= 0.3 is 0 Å². The third-order valence-corrected chi connectivity index (χ3v) is 3.95. The quantitative estimate of drug-likeness (QED) is 0.906. The van der Waals surface area contributed by atoms with Crippen LogP contribution in [0.2, 0.25) is 0 Å². The minimum absolute atomic E-state index is 0.159. The van der Waals surface area contributed by atoms with Gasteiger partial charge in [-0.3, -0.25) is 4.79 Å². The van der Waals surface area contributed by atoms with E-state index in [1.165, 1.54) is 12.3 Å². The second-order valence-electron chi connectivity index (χ2n) is 5.69. The molecule has 0 radical (unpaired) electrons. The molecule has 3 rings (SSSR count). The number of rotatable bonds is 3. The van der Waals surface area contributed by atoms with Crippen molar-refractivity contribution in [2.75, 3.05) is 43.4 Å². The largest absolute Gasteiger partial charge is 0.351 e. The van der Waals surface area contributed by atoms with Gasteiger partial charge in [0.25, 0.3) is 5.91 Å². The molecule has 8 nitrogen and oxygen atoms in total. The number of nitrogens with zero attached hydrogens (tertiary/aromatic N) is 5. The fourth-order valence-electron chi connectivity index (χ4n) is 2.54. The number of piperazine rings is 1. The van der Waals surface area contributed by atoms with Gasteiger partial charge in [-0.05, 0) is 20.9 Å². The molecule has 2 aromatic heterocycles. The first-order chi connectivity index (χ1) is 11.0. The van der Waals surface area contributed by atoms with E-state index in [1.807, 2.05) is 13.8 Å². The summed E-state index contributed by atoms with van der Waals surface area (Å²) < 4.78 is 4.86. The number of anilines is 2. The lowest BCUT2D eigenvalue weighted by atomic mass is 10.2. The van der Waals surface area contributed by atoms with E-state index in [-0.39, 0.29) is 11.7 Å². The third-order valence-electron chi connectivity index (χ3n) is 3.95. The van der Waals surface area contributed by atoms with Crippen molar-refractivity contribution in [3.63, 3.8) is 0 Å². The van der Waals surface area contributed by atoms with Crippen LogP contribution >= 0.6 is 0 Å². The van der Waals surface area contributed by atoms with Crippen molar-refractivity contribution in [3.05, 3.63) is 29.4 Å². The second kappa shape index (κ2) is 6.33. The maximum atomic E-state index is 12.1. The topological polar surface area (TPSA) is 87.4 Å². The molecule has 0 atom stereocenters. The Morgan fingerprint density at radius 3 is 2.39 bits per heavy atom. The van der Waals surface area contributed by atoms with E-state index in [0.29, 0.717) is 11.6 Å². The molecule has 8 heteroatoms. The van der Waals surface area contributed by atoms with Crippen LogP contribution in [0.5, 0.6) is 0 Å². The standard InChI is InChI=1S/C15H20N6O2/c1-10-13(19-14(22)12-4-5-16-23-12)11(2)18-15(17-10)21-8-6-20(3)7-9-21/h4-5H,6-9H2,1-3H3,(H,19,22). The first-order valence-electron chi connectivity index (χ1n) is 7.55. The molecule has 0 saturated carbocycles. The number of carbonyl (C=O) groups is 1. The van der Waals surface area contributed by atoms with Gasteiger partial charge in [0.2, 0.25) is 11.7 Å². The molecule has 1 fully saturated rings. The predicted molar refractivity (Wildman–Crippen MR) is 85.7 cm³/mol. The number of aryl methyl sites for hydroxylation is 2. The SMILES string of the molecule is Cc1nc(N2CCN(C)CC2)nc(C)c1NC(=O)c1ccno1. The summed E-state index contributed by atoms with van der Waals surface area (Å²) in [4.78, 5) is 25.6. The van der Waals surface area contributed by atoms with E-state index in [9.17, 15) is 4.79 Å². The Balaban J connectivity index is 1.79. The Morgan fingerprint density at radius 2 is 1.83 bits per heavy atom. The molecule has 0 aliphatic carbocycles. The normalized spacial score (nSPS) is 15.7. The number of hydrogen-bond acceptors (Lipinski definition) is 7. The molecular weight excluding hydrogens is 296 g/mol. The average Bonchev–Trinajstić information content (AvgIpc) is 3.05. The molecule has 1 aliphatic heterocycles. The number of aromatic nitrogens is 3. The van der Waals surface area contributed by atoms with E-state index in [4.69, 9.17) is 4.52 Å². The van der Waals surface area contributed by atoms with E-state index in [1.54, 1.807) is 0 Å². The van der Waals surface area contributed by atoms with Crippen LogP contribution in [0.25, 0.3) is 0 Å². The van der Waals surface area contributed by atoms with Crippen molar-refractivity contribution in [1.29, 1.82) is 0 Å². The Bertz CT molecular complexity index is 669. The fraction of sp³-hybridized carbons (Fsp3) is 0.467. The molecule has 122 valence electrons. The molecule has 1 saturated heterocycles. The van der Waals surface area contributed by atoms with Crippen LogP contribution in [-0.4, -0.2) is 59.2 Å². The number of amides is 1. The van der Waals surface area contributed by atoms with Crippen molar-refractivity contribution in [2.45, 2.75) is 13.8 Å². The van der Waals surface area contributed by atoms with Crippen molar-refractivity contribution in [3.8, 4) is 0 Å². The van der Waals surface area contributed by atoms with E-state index >= 15 is 0 Å². The van der Waals surface area contributed by atoms with Crippen molar-refractivity contribution in [2.24, 2.45) is 0 Å². The van der Waals surface area contributed by atoms with E-state index < -0.39 is 0 Å². The van der Waals surface area contributed by atoms with Crippen molar-refractivity contribution < 1.29 is 9.32 Å². The highest BCUT2D eigenvalue weighted by atomic mass is 16.5. The minimum atomic E-state index is -0.357. The molecule has 1 N–H and O–H groups in total. The summed E-state index contributed by atoms with van der Waals surface area (Å²) in [6.45, 7) is 7.52. The Kier molecular flexibility index (Phi) is 4.24. The zero-order chi connectivity index (χ0) is 16.4. The highest BCUT2D eigenvalue weighted by Crippen LogP contribution is 2.21. The van der Waals surface area contributed by atoms with Crippen molar-refractivity contribution >= 4 is 17.5 Å². The second-order valence-corrected chi connectivity index (χ2v) is 5.69. The average molecular weight is 316 g/mol. The van der Waals surface area contributed by atoms with Crippen LogP contribution < -0.4 is 10.2 Å². The number of likely N-dealkylation sites (N-methyl/N-ethyl adjacent to an activating group) is 1. The van der Waals surface area contributed by atoms with Gasteiger partial charge in [-0.25, -0.2) is 9.97 Å². The fourth-order valence-corrected chi connectivity index (χ4v) is 2.54. The molecule has 0 unspecified atom stereocenters. The van der Waals surface area contributed by atoms with Gasteiger partial charge < -0.3 is 19.6 Å². The van der Waals surface area contributed by atoms with Crippen LogP contribution in [0, 0.1) is 13.8 Å². The van der Waals surface area contributed by atoms with Gasteiger partial charge in [0.15, 0.2) is 0 Å². The van der Waals surface area contributed by atoms with Gasteiger partial charge in [-0.1, -0.05) is 5.16 Å². The third kappa shape index (κ3) is 3.31. The number of hydrogen-bond donors (Lipinski definition) is 1. The van der Waals surface area contributed by atoms with Gasteiger partial charge in [0.1, 0.15) is 0 Å². The summed E-state index contributed by atoms with van der Waals surface area (Å²) in [6, 6.07) is 1.51. The highest BCUT2D eigenvalue weighted by molar-refractivity contribution is 6.02. The van der Waals surface area contributed by atoms with Crippen LogP contribution in [0.4, 0.5) is 11.6 Å². The maximum absolute atomic E-state index is 12.1. The number of nitrogens with one attached hydrogen (secondary N) is 1. The lowest BCUT2D eigenvalue weighted by Crippen LogP contribution is -2.45. The number of carbonyl (C=O) groups excluding carboxylic acids is 1. The Hall–Kier alpha value is -2.48. The van der Waals surface area contributed by atoms with Crippen LogP contribution in [-0.2, 0) is 0 Å². The van der Waals surface area contributed by atoms with Gasteiger partial charge in [0.05, 0.1) is 23.3 Å². The molecule has 23 heavy (non-hydrogen) atoms. The minimum Gasteiger partial charge on any atom is -0.351 e. The first-order valence-corrected chi connectivity index (χ1v) is 7.55. The van der Waals surface area contributed by atoms with Crippen molar-refractivity contribution in [1.82, 2.24) is 20.0 Å². The van der Waals surface area contributed by atoms with E-state index in [2.05, 4.69) is 37.3 Å². The monoisotopic (exact) mass is 316 g/mol. The lowest BCUT2D eigenvalue weighted by molar-refractivity contribution is 0.0987. The molecule has 2 aromatic rings.